The van der Waals surface area contributed by atoms with E-state index in [2.05, 4.69) is 19.7 Å². The predicted octanol–water partition coefficient (Wildman–Crippen LogP) is -0.802. The second-order valence-electron chi connectivity index (χ2n) is 6.33. The average Bonchev–Trinajstić information content (AvgIpc) is 3.02. The number of nitrogens with zero attached hydrogens (tertiary/aromatic N) is 3. The Bertz CT molecular complexity index is 1080. The summed E-state index contributed by atoms with van der Waals surface area (Å²) in [4.78, 5) is 34.7. The number of aromatic amines is 1. The van der Waals surface area contributed by atoms with Crippen molar-refractivity contribution in [2.24, 2.45) is 0 Å². The Morgan fingerprint density at radius 2 is 2.10 bits per heavy atom. The molecule has 5 N–H and O–H groups in total. The van der Waals surface area contributed by atoms with Crippen molar-refractivity contribution in [3.63, 3.8) is 0 Å². The number of hydrogen-bond donors (Lipinski definition) is 4. The number of benzene rings is 1. The van der Waals surface area contributed by atoms with Gasteiger partial charge in [-0.1, -0.05) is 24.3 Å². The zero-order chi connectivity index (χ0) is 21.0. The number of nitrogen functional groups attached to an aromatic ring is 1. The third-order valence-electron chi connectivity index (χ3n) is 4.15. The molecule has 0 aliphatic carbocycles. The normalized spacial score (nSPS) is 12.1. The van der Waals surface area contributed by atoms with E-state index in [1.54, 1.807) is 18.2 Å². The van der Waals surface area contributed by atoms with Crippen molar-refractivity contribution in [1.82, 2.24) is 19.5 Å². The zero-order valence-electron chi connectivity index (χ0n) is 15.7. The van der Waals surface area contributed by atoms with Crippen molar-refractivity contribution in [3.8, 4) is 6.01 Å². The van der Waals surface area contributed by atoms with E-state index in [-0.39, 0.29) is 48.5 Å². The van der Waals surface area contributed by atoms with Crippen molar-refractivity contribution >= 4 is 23.0 Å². The fraction of sp³-hybridized carbons (Fsp3) is 0.333. The van der Waals surface area contributed by atoms with Crippen molar-refractivity contribution in [3.05, 3.63) is 45.9 Å². The maximum absolute atomic E-state index is 12.4. The van der Waals surface area contributed by atoms with Crippen LogP contribution in [0.3, 0.4) is 0 Å². The largest absolute Gasteiger partial charge is 0.469 e. The number of ether oxygens (including phenoxy) is 2. The number of esters is 1. The molecule has 3 rings (SSSR count). The van der Waals surface area contributed by atoms with Crippen molar-refractivity contribution in [1.29, 1.82) is 0 Å². The van der Waals surface area contributed by atoms with Gasteiger partial charge in [-0.05, 0) is 11.1 Å². The molecule has 11 heteroatoms. The molecule has 0 aliphatic rings. The van der Waals surface area contributed by atoms with Gasteiger partial charge in [-0.15, -0.1) is 0 Å². The van der Waals surface area contributed by atoms with Gasteiger partial charge in [0.25, 0.3) is 0 Å². The fourth-order valence-corrected chi connectivity index (χ4v) is 2.72. The van der Waals surface area contributed by atoms with E-state index in [0.29, 0.717) is 0 Å². The molecule has 0 spiro atoms. The summed E-state index contributed by atoms with van der Waals surface area (Å²) in [6.45, 7) is -0.539. The van der Waals surface area contributed by atoms with Crippen LogP contribution in [0.15, 0.2) is 29.1 Å². The number of imidazole rings is 1. The van der Waals surface area contributed by atoms with Crippen LogP contribution in [0.5, 0.6) is 6.01 Å². The molecule has 3 aromatic rings. The molecule has 2 heterocycles. The van der Waals surface area contributed by atoms with Gasteiger partial charge >= 0.3 is 17.7 Å². The minimum atomic E-state index is -1.10. The maximum atomic E-state index is 12.4. The first kappa shape index (κ1) is 20.3. The Morgan fingerprint density at radius 1 is 1.34 bits per heavy atom. The molecule has 1 unspecified atom stereocenters. The third kappa shape index (κ3) is 4.70. The van der Waals surface area contributed by atoms with Gasteiger partial charge in [0.05, 0.1) is 26.7 Å². The summed E-state index contributed by atoms with van der Waals surface area (Å²) in [5.41, 5.74) is 7.46. The molecular weight excluding hydrogens is 382 g/mol. The maximum Gasteiger partial charge on any atom is 0.328 e. The molecule has 2 aromatic heterocycles. The molecule has 0 radical (unpaired) electrons. The number of carbonyl (C=O) groups excluding carboxylic acids is 1. The highest BCUT2D eigenvalue weighted by Crippen LogP contribution is 2.19. The molecule has 1 aromatic carbocycles. The molecule has 0 saturated heterocycles. The second-order valence-corrected chi connectivity index (χ2v) is 6.33. The first-order chi connectivity index (χ1) is 13.9. The van der Waals surface area contributed by atoms with Gasteiger partial charge in [0.1, 0.15) is 18.2 Å². The summed E-state index contributed by atoms with van der Waals surface area (Å²) >= 11 is 0. The lowest BCUT2D eigenvalue weighted by Crippen LogP contribution is -2.22. The number of carbonyl (C=O) groups is 1. The summed E-state index contributed by atoms with van der Waals surface area (Å²) in [5.74, 6) is -0.349. The topological polar surface area (TPSA) is 166 Å². The SMILES string of the molecule is COC(=O)Cc1cccc(Cn2c(=O)[nH]c3c(N)nc(OCC(O)CO)nc32)c1. The molecule has 11 nitrogen and oxygen atoms in total. The van der Waals surface area contributed by atoms with Crippen molar-refractivity contribution in [2.45, 2.75) is 19.1 Å². The number of aromatic nitrogens is 4. The van der Waals surface area contributed by atoms with E-state index < -0.39 is 18.4 Å². The lowest BCUT2D eigenvalue weighted by molar-refractivity contribution is -0.139. The summed E-state index contributed by atoms with van der Waals surface area (Å²) < 4.78 is 11.3. The number of anilines is 1. The van der Waals surface area contributed by atoms with Crippen LogP contribution in [0.25, 0.3) is 11.2 Å². The number of nitrogens with two attached hydrogens (primary N) is 1. The molecular formula is C18H21N5O6. The van der Waals surface area contributed by atoms with Crippen LogP contribution in [-0.2, 0) is 22.5 Å². The van der Waals surface area contributed by atoms with Crippen LogP contribution >= 0.6 is 0 Å². The molecule has 0 aliphatic heterocycles. The van der Waals surface area contributed by atoms with Gasteiger partial charge < -0.3 is 30.4 Å². The number of nitrogens with one attached hydrogen (secondary N) is 1. The number of aliphatic hydroxyl groups is 2. The van der Waals surface area contributed by atoms with Crippen LogP contribution in [0.2, 0.25) is 0 Å². The van der Waals surface area contributed by atoms with E-state index in [1.807, 2.05) is 6.07 Å². The minimum Gasteiger partial charge on any atom is -0.469 e. The van der Waals surface area contributed by atoms with Gasteiger partial charge in [0, 0.05) is 0 Å². The standard InChI is InChI=1S/C18H21N5O6/c1-28-13(26)6-10-3-2-4-11(5-10)7-23-16-14(20-18(23)27)15(19)21-17(22-16)29-9-12(25)8-24/h2-5,12,24-25H,6-9H2,1H3,(H,20,27)(H2,19,21,22). The quantitative estimate of drug-likeness (QED) is 0.352. The highest BCUT2D eigenvalue weighted by molar-refractivity contribution is 5.82. The fourth-order valence-electron chi connectivity index (χ4n) is 2.72. The molecule has 29 heavy (non-hydrogen) atoms. The highest BCUT2D eigenvalue weighted by atomic mass is 16.5. The summed E-state index contributed by atoms with van der Waals surface area (Å²) in [6, 6.07) is 7.04. The number of methoxy groups -OCH3 is 1. The van der Waals surface area contributed by atoms with Crippen LogP contribution < -0.4 is 16.2 Å². The summed E-state index contributed by atoms with van der Waals surface area (Å²) in [5, 5.41) is 18.3. The van der Waals surface area contributed by atoms with E-state index in [9.17, 15) is 14.7 Å². The molecule has 0 fully saturated rings. The van der Waals surface area contributed by atoms with Gasteiger partial charge in [0.2, 0.25) is 0 Å². The predicted molar refractivity (Wildman–Crippen MR) is 102 cm³/mol. The van der Waals surface area contributed by atoms with Gasteiger partial charge in [0.15, 0.2) is 11.5 Å². The minimum absolute atomic E-state index is 0.0128. The Hall–Kier alpha value is -3.44. The van der Waals surface area contributed by atoms with E-state index >= 15 is 0 Å². The molecule has 154 valence electrons. The van der Waals surface area contributed by atoms with Crippen LogP contribution in [0.1, 0.15) is 11.1 Å². The Kier molecular flexibility index (Phi) is 6.10. The van der Waals surface area contributed by atoms with Crippen LogP contribution in [-0.4, -0.2) is 62.1 Å². The van der Waals surface area contributed by atoms with Gasteiger partial charge in [-0.2, -0.15) is 9.97 Å². The first-order valence-corrected chi connectivity index (χ1v) is 8.73. The van der Waals surface area contributed by atoms with Crippen LogP contribution in [0, 0.1) is 0 Å². The number of H-pyrrole nitrogens is 1. The lowest BCUT2D eigenvalue weighted by Gasteiger charge is -2.10. The number of fused-ring (bicyclic) bond motifs is 1. The Labute approximate surface area is 164 Å². The molecule has 1 atom stereocenters. The zero-order valence-corrected chi connectivity index (χ0v) is 15.7. The average molecular weight is 403 g/mol. The van der Waals surface area contributed by atoms with Gasteiger partial charge in [-0.3, -0.25) is 9.36 Å². The first-order valence-electron chi connectivity index (χ1n) is 8.73. The highest BCUT2D eigenvalue weighted by Gasteiger charge is 2.16. The number of aliphatic hydroxyl groups excluding tert-OH is 2. The Morgan fingerprint density at radius 3 is 2.83 bits per heavy atom. The molecule has 0 saturated carbocycles. The smallest absolute Gasteiger partial charge is 0.328 e. The monoisotopic (exact) mass is 403 g/mol. The van der Waals surface area contributed by atoms with Gasteiger partial charge in [-0.25, -0.2) is 4.79 Å². The van der Waals surface area contributed by atoms with E-state index in [1.165, 1.54) is 11.7 Å². The Balaban J connectivity index is 1.92. The third-order valence-corrected chi connectivity index (χ3v) is 4.15. The second kappa shape index (κ2) is 8.71. The summed E-state index contributed by atoms with van der Waals surface area (Å²) in [7, 11) is 1.32. The van der Waals surface area contributed by atoms with Crippen molar-refractivity contribution in [2.75, 3.05) is 26.1 Å². The van der Waals surface area contributed by atoms with Crippen molar-refractivity contribution < 1.29 is 24.5 Å². The van der Waals surface area contributed by atoms with E-state index in [0.717, 1.165) is 11.1 Å². The van der Waals surface area contributed by atoms with E-state index in [4.69, 9.17) is 15.6 Å². The molecule has 0 bridgehead atoms. The number of hydrogen-bond acceptors (Lipinski definition) is 9. The molecule has 0 amide bonds. The number of rotatable bonds is 8. The summed E-state index contributed by atoms with van der Waals surface area (Å²) in [6.07, 6.45) is -0.977. The van der Waals surface area contributed by atoms with Crippen LogP contribution in [0.4, 0.5) is 5.82 Å². The lowest BCUT2D eigenvalue weighted by atomic mass is 10.1.